The number of aliphatic imine (C=N–C) groups is 1. The maximum atomic E-state index is 5.40. The molecule has 1 aliphatic heterocycles. The van der Waals surface area contributed by atoms with Crippen LogP contribution in [-0.2, 0) is 19.6 Å². The Hall–Kier alpha value is -2.77. The fraction of sp³-hybridized carbons (Fsp3) is 0.480. The van der Waals surface area contributed by atoms with E-state index in [2.05, 4.69) is 75.9 Å². The fourth-order valence-corrected chi connectivity index (χ4v) is 4.09. The molecule has 2 N–H and O–H groups in total. The zero-order chi connectivity index (χ0) is 22.9. The lowest BCUT2D eigenvalue weighted by molar-refractivity contribution is 0.321. The van der Waals surface area contributed by atoms with Gasteiger partial charge >= 0.3 is 0 Å². The Labute approximate surface area is 192 Å². The van der Waals surface area contributed by atoms with E-state index in [1.807, 2.05) is 13.1 Å². The van der Waals surface area contributed by atoms with Crippen molar-refractivity contribution in [3.63, 3.8) is 0 Å². The average Bonchev–Trinajstić information content (AvgIpc) is 3.22. The topological polar surface area (TPSA) is 61.4 Å². The average molecular weight is 440 g/mol. The second kappa shape index (κ2) is 11.7. The summed E-state index contributed by atoms with van der Waals surface area (Å²) in [6.45, 7) is 4.58. The monoisotopic (exact) mass is 439 g/mol. The molecule has 1 fully saturated rings. The Morgan fingerprint density at radius 1 is 1.06 bits per heavy atom. The first-order valence-electron chi connectivity index (χ1n) is 11.1. The van der Waals surface area contributed by atoms with Gasteiger partial charge in [0.25, 0.3) is 0 Å². The van der Waals surface area contributed by atoms with E-state index >= 15 is 0 Å². The van der Waals surface area contributed by atoms with Gasteiger partial charge in [-0.15, -0.1) is 0 Å². The van der Waals surface area contributed by atoms with E-state index in [0.717, 1.165) is 56.6 Å². The molecule has 1 aliphatic rings. The highest BCUT2D eigenvalue weighted by Crippen LogP contribution is 2.24. The lowest BCUT2D eigenvalue weighted by Crippen LogP contribution is -2.44. The number of rotatable bonds is 9. The van der Waals surface area contributed by atoms with Crippen LogP contribution in [0.4, 0.5) is 0 Å². The van der Waals surface area contributed by atoms with Gasteiger partial charge in [-0.2, -0.15) is 0 Å². The molecule has 32 heavy (non-hydrogen) atoms. The zero-order valence-electron chi connectivity index (χ0n) is 20.0. The molecule has 2 aromatic carbocycles. The Bertz CT molecular complexity index is 877. The first-order valence-corrected chi connectivity index (χ1v) is 11.1. The predicted molar refractivity (Wildman–Crippen MR) is 130 cm³/mol. The van der Waals surface area contributed by atoms with Crippen LogP contribution in [-0.4, -0.2) is 70.3 Å². The van der Waals surface area contributed by atoms with Gasteiger partial charge in [0.15, 0.2) is 5.96 Å². The summed E-state index contributed by atoms with van der Waals surface area (Å²) in [5, 5.41) is 7.04. The van der Waals surface area contributed by atoms with E-state index in [0.29, 0.717) is 6.04 Å². The van der Waals surface area contributed by atoms with Crippen molar-refractivity contribution in [2.75, 3.05) is 48.5 Å². The zero-order valence-corrected chi connectivity index (χ0v) is 20.0. The molecule has 1 saturated heterocycles. The first kappa shape index (κ1) is 23.9. The van der Waals surface area contributed by atoms with Crippen LogP contribution in [0.3, 0.4) is 0 Å². The van der Waals surface area contributed by atoms with E-state index in [-0.39, 0.29) is 0 Å². The Balaban J connectivity index is 1.50. The molecule has 0 amide bonds. The molecule has 7 heteroatoms. The van der Waals surface area contributed by atoms with Gasteiger partial charge in [0.2, 0.25) is 0 Å². The van der Waals surface area contributed by atoms with Crippen LogP contribution in [0.1, 0.15) is 23.1 Å². The number of nitrogens with one attached hydrogen (secondary N) is 2. The molecule has 2 aromatic rings. The number of guanidine groups is 1. The maximum absolute atomic E-state index is 5.40. The molecule has 1 atom stereocenters. The number of hydrogen-bond acceptors (Lipinski definition) is 5. The highest BCUT2D eigenvalue weighted by atomic mass is 16.5. The Kier molecular flexibility index (Phi) is 8.76. The second-order valence-corrected chi connectivity index (χ2v) is 8.57. The predicted octanol–water partition coefficient (Wildman–Crippen LogP) is 2.70. The molecule has 7 nitrogen and oxygen atoms in total. The molecule has 174 valence electrons. The van der Waals surface area contributed by atoms with E-state index < -0.39 is 0 Å². The van der Waals surface area contributed by atoms with Crippen molar-refractivity contribution in [3.05, 3.63) is 59.2 Å². The van der Waals surface area contributed by atoms with Crippen LogP contribution in [0.5, 0.6) is 11.5 Å². The lowest BCUT2D eigenvalue weighted by atomic mass is 10.1. The van der Waals surface area contributed by atoms with Gasteiger partial charge in [-0.25, -0.2) is 0 Å². The third-order valence-corrected chi connectivity index (χ3v) is 5.60. The van der Waals surface area contributed by atoms with Crippen molar-refractivity contribution in [2.24, 2.45) is 4.99 Å². The normalized spacial score (nSPS) is 16.9. The third-order valence-electron chi connectivity index (χ3n) is 5.60. The summed E-state index contributed by atoms with van der Waals surface area (Å²) in [6, 6.07) is 15.1. The minimum atomic E-state index is 0.369. The lowest BCUT2D eigenvalue weighted by Gasteiger charge is -2.19. The van der Waals surface area contributed by atoms with E-state index in [1.54, 1.807) is 14.2 Å². The minimum Gasteiger partial charge on any atom is -0.497 e. The summed E-state index contributed by atoms with van der Waals surface area (Å²) in [5.41, 5.74) is 3.77. The van der Waals surface area contributed by atoms with Gasteiger partial charge in [0.05, 0.1) is 14.2 Å². The van der Waals surface area contributed by atoms with Crippen LogP contribution < -0.4 is 20.1 Å². The van der Waals surface area contributed by atoms with Crippen LogP contribution in [0, 0.1) is 0 Å². The van der Waals surface area contributed by atoms with Gasteiger partial charge in [0, 0.05) is 51.9 Å². The fourth-order valence-electron chi connectivity index (χ4n) is 4.09. The van der Waals surface area contributed by atoms with Crippen molar-refractivity contribution in [3.8, 4) is 11.5 Å². The molecule has 0 aliphatic carbocycles. The number of benzene rings is 2. The largest absolute Gasteiger partial charge is 0.497 e. The van der Waals surface area contributed by atoms with Crippen LogP contribution in [0.25, 0.3) is 0 Å². The van der Waals surface area contributed by atoms with Crippen LogP contribution in [0.15, 0.2) is 47.5 Å². The molecule has 0 spiro atoms. The number of ether oxygens (including phenoxy) is 2. The van der Waals surface area contributed by atoms with E-state index in [4.69, 9.17) is 9.47 Å². The Morgan fingerprint density at radius 3 is 2.44 bits per heavy atom. The SMILES string of the molecule is CN=C(NCc1cccc(CN(C)C)c1)NC1CCN(Cc2cc(OC)cc(OC)c2)C1. The third kappa shape index (κ3) is 7.14. The summed E-state index contributed by atoms with van der Waals surface area (Å²) in [5.74, 6) is 2.50. The van der Waals surface area contributed by atoms with Gasteiger partial charge in [-0.1, -0.05) is 24.3 Å². The summed E-state index contributed by atoms with van der Waals surface area (Å²) >= 11 is 0. The number of likely N-dealkylation sites (tertiary alicyclic amines) is 1. The van der Waals surface area contributed by atoms with Gasteiger partial charge in [0.1, 0.15) is 11.5 Å². The maximum Gasteiger partial charge on any atom is 0.191 e. The summed E-state index contributed by atoms with van der Waals surface area (Å²) in [6.07, 6.45) is 1.08. The smallest absolute Gasteiger partial charge is 0.191 e. The van der Waals surface area contributed by atoms with Gasteiger partial charge < -0.3 is 25.0 Å². The van der Waals surface area contributed by atoms with Gasteiger partial charge in [-0.05, 0) is 49.3 Å². The molecular formula is C25H37N5O2. The van der Waals surface area contributed by atoms with Crippen molar-refractivity contribution in [1.29, 1.82) is 0 Å². The molecule has 1 heterocycles. The number of methoxy groups -OCH3 is 2. The highest BCUT2D eigenvalue weighted by molar-refractivity contribution is 5.80. The number of hydrogen-bond donors (Lipinski definition) is 2. The molecule has 0 bridgehead atoms. The van der Waals surface area contributed by atoms with Crippen molar-refractivity contribution in [2.45, 2.75) is 32.1 Å². The van der Waals surface area contributed by atoms with Crippen molar-refractivity contribution >= 4 is 5.96 Å². The quantitative estimate of drug-likeness (QED) is 0.463. The Morgan fingerprint density at radius 2 is 1.78 bits per heavy atom. The van der Waals surface area contributed by atoms with Crippen molar-refractivity contribution in [1.82, 2.24) is 20.4 Å². The molecule has 3 rings (SSSR count). The van der Waals surface area contributed by atoms with Crippen LogP contribution >= 0.6 is 0 Å². The summed E-state index contributed by atoms with van der Waals surface area (Å²) in [4.78, 5) is 9.06. The van der Waals surface area contributed by atoms with Gasteiger partial charge in [-0.3, -0.25) is 9.89 Å². The minimum absolute atomic E-state index is 0.369. The van der Waals surface area contributed by atoms with Crippen LogP contribution in [0.2, 0.25) is 0 Å². The van der Waals surface area contributed by atoms with Crippen molar-refractivity contribution < 1.29 is 9.47 Å². The standard InChI is InChI=1S/C25H37N5O2/c1-26-25(27-15-19-7-6-8-20(11-19)16-29(2)3)28-22-9-10-30(18-22)17-21-12-23(31-4)14-24(13-21)32-5/h6-8,11-14,22H,9-10,15-18H2,1-5H3,(H2,26,27,28). The number of nitrogens with zero attached hydrogens (tertiary/aromatic N) is 3. The molecule has 1 unspecified atom stereocenters. The molecule has 0 aromatic heterocycles. The molecule has 0 saturated carbocycles. The molecule has 0 radical (unpaired) electrons. The molecular weight excluding hydrogens is 402 g/mol. The summed E-state index contributed by atoms with van der Waals surface area (Å²) in [7, 11) is 9.38. The van der Waals surface area contributed by atoms with E-state index in [9.17, 15) is 0 Å². The highest BCUT2D eigenvalue weighted by Gasteiger charge is 2.23. The second-order valence-electron chi connectivity index (χ2n) is 8.57. The first-order chi connectivity index (χ1) is 15.5. The van der Waals surface area contributed by atoms with E-state index in [1.165, 1.54) is 16.7 Å². The summed E-state index contributed by atoms with van der Waals surface area (Å²) < 4.78 is 10.8.